The molecule has 0 aliphatic carbocycles. The van der Waals surface area contributed by atoms with Crippen LogP contribution in [0.4, 0.5) is 4.39 Å². The van der Waals surface area contributed by atoms with Crippen molar-refractivity contribution in [1.82, 2.24) is 0 Å². The number of hydrogen-bond acceptors (Lipinski definition) is 0. The smallest absolute Gasteiger partial charge is 0.236 e. The summed E-state index contributed by atoms with van der Waals surface area (Å²) in [4.78, 5) is 0. The molecule has 48 valence electrons. The zero-order chi connectivity index (χ0) is 6.85. The number of halogens is 1. The Bertz CT molecular complexity index is 170. The van der Waals surface area contributed by atoms with Gasteiger partial charge in [0.1, 0.15) is 0 Å². The van der Waals surface area contributed by atoms with Crippen LogP contribution in [-0.4, -0.2) is 0 Å². The van der Waals surface area contributed by atoms with Gasteiger partial charge in [-0.25, -0.2) is 4.39 Å². The summed E-state index contributed by atoms with van der Waals surface area (Å²) in [5.74, 6) is -0.177. The number of hydrogen-bond donors (Lipinski definition) is 0. The molecule has 0 unspecified atom stereocenters. The molecule has 0 spiro atoms. The van der Waals surface area contributed by atoms with Crippen molar-refractivity contribution in [2.24, 2.45) is 0 Å². The maximum absolute atomic E-state index is 12.4. The zero-order valence-electron chi connectivity index (χ0n) is 6.53. The molecule has 0 bridgehead atoms. The van der Waals surface area contributed by atoms with Gasteiger partial charge < -0.3 is 0 Å². The van der Waals surface area contributed by atoms with Gasteiger partial charge in [0.05, 0.1) is 0 Å². The van der Waals surface area contributed by atoms with Crippen LogP contribution in [0.2, 0.25) is 0 Å². The first-order valence-electron chi connectivity index (χ1n) is 2.84. The van der Waals surface area contributed by atoms with Gasteiger partial charge in [0, 0.05) is 5.82 Å². The molecule has 0 nitrogen and oxygen atoms in total. The second kappa shape index (κ2) is 3.80. The van der Waals surface area contributed by atoms with E-state index in [1.807, 2.05) is 13.8 Å². The zero-order valence-corrected chi connectivity index (χ0v) is 6.53. The fourth-order valence-corrected chi connectivity index (χ4v) is 0.839. The Morgan fingerprint density at radius 1 is 1.20 bits per heavy atom. The SMILES string of the molecule is Cc1[c-]c(C)cc(F)c1.[Li+]. The minimum atomic E-state index is -0.177. The summed E-state index contributed by atoms with van der Waals surface area (Å²) in [6.07, 6.45) is 0. The second-order valence-corrected chi connectivity index (χ2v) is 2.16. The topological polar surface area (TPSA) is 0 Å². The van der Waals surface area contributed by atoms with Crippen molar-refractivity contribution < 1.29 is 23.3 Å². The van der Waals surface area contributed by atoms with Gasteiger partial charge in [0.15, 0.2) is 0 Å². The molecule has 0 saturated heterocycles. The van der Waals surface area contributed by atoms with Gasteiger partial charge in [0.25, 0.3) is 0 Å². The third-order valence-corrected chi connectivity index (χ3v) is 1.10. The van der Waals surface area contributed by atoms with E-state index >= 15 is 0 Å². The largest absolute Gasteiger partial charge is 1.00 e. The molecular formula is C8H8FLi. The molecule has 0 fully saturated rings. The van der Waals surface area contributed by atoms with Crippen LogP contribution in [0.25, 0.3) is 0 Å². The van der Waals surface area contributed by atoms with Crippen molar-refractivity contribution in [2.75, 3.05) is 0 Å². The Kier molecular flexibility index (Phi) is 3.71. The molecule has 0 atom stereocenters. The Labute approximate surface area is 72.6 Å². The maximum Gasteiger partial charge on any atom is 1.00 e. The van der Waals surface area contributed by atoms with Crippen LogP contribution in [0.1, 0.15) is 11.1 Å². The quantitative estimate of drug-likeness (QED) is 0.320. The number of benzene rings is 1. The number of aryl methyl sites for hydroxylation is 2. The Hall–Kier alpha value is -0.253. The van der Waals surface area contributed by atoms with Crippen LogP contribution >= 0.6 is 0 Å². The summed E-state index contributed by atoms with van der Waals surface area (Å²) in [5.41, 5.74) is 1.71. The van der Waals surface area contributed by atoms with Crippen LogP contribution in [0.15, 0.2) is 12.1 Å². The van der Waals surface area contributed by atoms with Gasteiger partial charge in [-0.2, -0.15) is 17.2 Å². The minimum absolute atomic E-state index is 0. The summed E-state index contributed by atoms with van der Waals surface area (Å²) in [5, 5.41) is 0. The molecule has 1 aromatic carbocycles. The molecule has 0 amide bonds. The Balaban J connectivity index is 0.000000810. The van der Waals surface area contributed by atoms with E-state index in [0.29, 0.717) is 0 Å². The molecular weight excluding hydrogens is 122 g/mol. The van der Waals surface area contributed by atoms with Crippen LogP contribution in [0.3, 0.4) is 0 Å². The summed E-state index contributed by atoms with van der Waals surface area (Å²) in [6, 6.07) is 5.90. The first-order valence-corrected chi connectivity index (χ1v) is 2.84. The van der Waals surface area contributed by atoms with E-state index in [1.54, 1.807) is 0 Å². The van der Waals surface area contributed by atoms with Gasteiger partial charge in [-0.15, -0.1) is 12.1 Å². The van der Waals surface area contributed by atoms with Crippen LogP contribution < -0.4 is 18.9 Å². The Morgan fingerprint density at radius 3 is 1.90 bits per heavy atom. The van der Waals surface area contributed by atoms with Crippen LogP contribution in [0.5, 0.6) is 0 Å². The van der Waals surface area contributed by atoms with Gasteiger partial charge in [-0.3, -0.25) is 0 Å². The van der Waals surface area contributed by atoms with E-state index in [2.05, 4.69) is 6.07 Å². The van der Waals surface area contributed by atoms with E-state index in [-0.39, 0.29) is 24.7 Å². The molecule has 0 N–H and O–H groups in total. The van der Waals surface area contributed by atoms with Gasteiger partial charge in [-0.1, -0.05) is 13.8 Å². The fourth-order valence-electron chi connectivity index (χ4n) is 0.839. The predicted octanol–water partition coefficient (Wildman–Crippen LogP) is -0.753. The molecule has 1 aromatic rings. The maximum atomic E-state index is 12.4. The molecule has 0 radical (unpaired) electrons. The van der Waals surface area contributed by atoms with Gasteiger partial charge in [0.2, 0.25) is 0 Å². The Morgan fingerprint density at radius 2 is 1.60 bits per heavy atom. The fraction of sp³-hybridized carbons (Fsp3) is 0.250. The van der Waals surface area contributed by atoms with Crippen molar-refractivity contribution in [3.05, 3.63) is 35.1 Å². The van der Waals surface area contributed by atoms with Gasteiger partial charge >= 0.3 is 18.9 Å². The van der Waals surface area contributed by atoms with E-state index in [9.17, 15) is 4.39 Å². The molecule has 0 aliphatic heterocycles. The van der Waals surface area contributed by atoms with Crippen LogP contribution in [-0.2, 0) is 0 Å². The molecule has 0 aromatic heterocycles. The third kappa shape index (κ3) is 2.56. The molecule has 0 heterocycles. The molecule has 1 rings (SSSR count). The molecule has 2 heteroatoms. The second-order valence-electron chi connectivity index (χ2n) is 2.16. The minimum Gasteiger partial charge on any atom is -0.236 e. The normalized spacial score (nSPS) is 8.70. The van der Waals surface area contributed by atoms with Crippen molar-refractivity contribution in [1.29, 1.82) is 0 Å². The molecule has 0 aliphatic rings. The first-order chi connectivity index (χ1) is 4.18. The third-order valence-electron chi connectivity index (χ3n) is 1.10. The van der Waals surface area contributed by atoms with Crippen molar-refractivity contribution >= 4 is 0 Å². The van der Waals surface area contributed by atoms with Gasteiger partial charge in [-0.05, 0) is 0 Å². The van der Waals surface area contributed by atoms with E-state index in [4.69, 9.17) is 0 Å². The summed E-state index contributed by atoms with van der Waals surface area (Å²) < 4.78 is 12.4. The first kappa shape index (κ1) is 9.75. The van der Waals surface area contributed by atoms with E-state index < -0.39 is 0 Å². The van der Waals surface area contributed by atoms with Crippen molar-refractivity contribution in [2.45, 2.75) is 13.8 Å². The summed E-state index contributed by atoms with van der Waals surface area (Å²) in [7, 11) is 0. The van der Waals surface area contributed by atoms with Crippen molar-refractivity contribution in [3.63, 3.8) is 0 Å². The van der Waals surface area contributed by atoms with Crippen molar-refractivity contribution in [3.8, 4) is 0 Å². The standard InChI is InChI=1S/C8H8F.Li/c1-6-3-7(2)5-8(9)4-6;/h4-5H,1-2H3;/q-1;+1. The predicted molar refractivity (Wildman–Crippen MR) is 34.7 cm³/mol. The monoisotopic (exact) mass is 130 g/mol. The van der Waals surface area contributed by atoms with E-state index in [0.717, 1.165) is 11.1 Å². The number of rotatable bonds is 0. The molecule has 10 heavy (non-hydrogen) atoms. The van der Waals surface area contributed by atoms with E-state index in [1.165, 1.54) is 12.1 Å². The average Bonchev–Trinajstić information content (AvgIpc) is 1.59. The summed E-state index contributed by atoms with van der Waals surface area (Å²) >= 11 is 0. The summed E-state index contributed by atoms with van der Waals surface area (Å²) in [6.45, 7) is 3.66. The van der Waals surface area contributed by atoms with Crippen LogP contribution in [0, 0.1) is 25.7 Å². The molecule has 0 saturated carbocycles. The average molecular weight is 130 g/mol.